The summed E-state index contributed by atoms with van der Waals surface area (Å²) < 4.78 is 0. The third-order valence-electron chi connectivity index (χ3n) is 3.96. The maximum atomic E-state index is 2.49. The van der Waals surface area contributed by atoms with Crippen molar-refractivity contribution in [3.05, 3.63) is 0 Å². The Labute approximate surface area is 91.6 Å². The second kappa shape index (κ2) is 2.70. The predicted octanol–water partition coefficient (Wildman–Crippen LogP) is 2.59. The van der Waals surface area contributed by atoms with Gasteiger partial charge in [-0.1, -0.05) is 6.92 Å². The molecule has 0 aromatic rings. The Kier molecular flexibility index (Phi) is 2.21. The third kappa shape index (κ3) is 0.964. The molecule has 1 saturated heterocycles. The van der Waals surface area contributed by atoms with Crippen LogP contribution >= 0.6 is 37.2 Å². The van der Waals surface area contributed by atoms with Gasteiger partial charge in [0.2, 0.25) is 0 Å². The van der Waals surface area contributed by atoms with Crippen molar-refractivity contribution in [1.29, 1.82) is 0 Å². The molecule has 64 valence electrons. The van der Waals surface area contributed by atoms with Crippen LogP contribution in [0.5, 0.6) is 0 Å². The molecule has 11 heavy (non-hydrogen) atoms. The van der Waals surface area contributed by atoms with E-state index in [1.54, 1.807) is 0 Å². The van der Waals surface area contributed by atoms with Crippen molar-refractivity contribution in [2.24, 2.45) is 23.2 Å². The van der Waals surface area contributed by atoms with Crippen molar-refractivity contribution in [3.63, 3.8) is 0 Å². The number of hydrogen-bond donors (Lipinski definition) is 0. The summed E-state index contributed by atoms with van der Waals surface area (Å²) in [6.45, 7) is 5.22. The van der Waals surface area contributed by atoms with E-state index in [4.69, 9.17) is 0 Å². The molecule has 2 saturated carbocycles. The number of rotatable bonds is 0. The van der Waals surface area contributed by atoms with E-state index in [1.807, 2.05) is 0 Å². The molecule has 0 amide bonds. The SMILES string of the molecule is CC1C2C3CN(C)CC132.II. The Morgan fingerprint density at radius 2 is 2.09 bits per heavy atom. The first-order valence-electron chi connectivity index (χ1n) is 4.09. The van der Waals surface area contributed by atoms with E-state index < -0.39 is 0 Å². The van der Waals surface area contributed by atoms with Crippen LogP contribution in [0.4, 0.5) is 0 Å². The van der Waals surface area contributed by atoms with E-state index in [0.29, 0.717) is 0 Å². The molecule has 4 unspecified atom stereocenters. The first-order chi connectivity index (χ1) is 5.27. The topological polar surface area (TPSA) is 3.24 Å². The summed E-state index contributed by atoms with van der Waals surface area (Å²) in [6, 6.07) is 0. The molecule has 0 bridgehead atoms. The minimum atomic E-state index is 0.884. The molecule has 0 aromatic heterocycles. The second-order valence-electron chi connectivity index (χ2n) is 4.23. The molecule has 3 fully saturated rings. The van der Waals surface area contributed by atoms with Gasteiger partial charge in [-0.2, -0.15) is 0 Å². The zero-order valence-corrected chi connectivity index (χ0v) is 11.2. The fourth-order valence-corrected chi connectivity index (χ4v) is 3.35. The lowest BCUT2D eigenvalue weighted by atomic mass is 10.0. The van der Waals surface area contributed by atoms with Crippen LogP contribution in [0.2, 0.25) is 0 Å². The number of halogens is 2. The summed E-state index contributed by atoms with van der Waals surface area (Å²) in [7, 11) is 2.25. The van der Waals surface area contributed by atoms with E-state index in [0.717, 1.165) is 17.3 Å². The van der Waals surface area contributed by atoms with E-state index >= 15 is 0 Å². The highest BCUT2D eigenvalue weighted by molar-refractivity contribution is 15.0. The third-order valence-corrected chi connectivity index (χ3v) is 3.96. The summed E-state index contributed by atoms with van der Waals surface area (Å²) >= 11 is 4.24. The molecule has 1 aliphatic heterocycles. The highest BCUT2D eigenvalue weighted by atomic mass is 128. The zero-order chi connectivity index (χ0) is 8.22. The van der Waals surface area contributed by atoms with E-state index in [9.17, 15) is 0 Å². The van der Waals surface area contributed by atoms with E-state index in [1.165, 1.54) is 19.0 Å². The molecule has 0 N–H and O–H groups in total. The Morgan fingerprint density at radius 1 is 1.45 bits per heavy atom. The quantitative estimate of drug-likeness (QED) is 0.587. The highest BCUT2D eigenvalue weighted by Crippen LogP contribution is 2.86. The number of likely N-dealkylation sites (tertiary alicyclic amines) is 1. The molecule has 1 spiro atoms. The number of hydrogen-bond acceptors (Lipinski definition) is 1. The summed E-state index contributed by atoms with van der Waals surface area (Å²) in [5.74, 6) is 3.40. The molecule has 0 radical (unpaired) electrons. The van der Waals surface area contributed by atoms with Crippen LogP contribution in [0.25, 0.3) is 0 Å². The van der Waals surface area contributed by atoms with Gasteiger partial charge in [-0.05, 0) is 30.2 Å². The predicted molar refractivity (Wildman–Crippen MR) is 64.1 cm³/mol. The van der Waals surface area contributed by atoms with Gasteiger partial charge in [-0.25, -0.2) is 0 Å². The average Bonchev–Trinajstić information content (AvgIpc) is 2.78. The minimum Gasteiger partial charge on any atom is -0.305 e. The smallest absolute Gasteiger partial charge is 0.00438 e. The summed E-state index contributed by atoms with van der Waals surface area (Å²) in [4.78, 5) is 2.49. The number of nitrogens with zero attached hydrogens (tertiary/aromatic N) is 1. The largest absolute Gasteiger partial charge is 0.305 e. The van der Waals surface area contributed by atoms with Crippen LogP contribution in [0.15, 0.2) is 0 Å². The van der Waals surface area contributed by atoms with Crippen molar-refractivity contribution in [2.45, 2.75) is 6.92 Å². The Bertz CT molecular complexity index is 185. The van der Waals surface area contributed by atoms with Crippen LogP contribution in [0.3, 0.4) is 0 Å². The van der Waals surface area contributed by atoms with Gasteiger partial charge in [0.25, 0.3) is 0 Å². The van der Waals surface area contributed by atoms with Gasteiger partial charge in [0.05, 0.1) is 0 Å². The fourth-order valence-electron chi connectivity index (χ4n) is 3.35. The van der Waals surface area contributed by atoms with Crippen LogP contribution in [0.1, 0.15) is 6.92 Å². The molecular weight excluding hydrogens is 364 g/mol. The van der Waals surface area contributed by atoms with E-state index in [-0.39, 0.29) is 0 Å². The normalized spacial score (nSPS) is 57.3. The molecule has 1 heterocycles. The Morgan fingerprint density at radius 3 is 2.45 bits per heavy atom. The lowest BCUT2D eigenvalue weighted by molar-refractivity contribution is 0.371. The van der Waals surface area contributed by atoms with Crippen LogP contribution < -0.4 is 0 Å². The molecule has 3 rings (SSSR count). The van der Waals surface area contributed by atoms with Crippen LogP contribution in [0, 0.1) is 23.2 Å². The minimum absolute atomic E-state index is 0.884. The second-order valence-corrected chi connectivity index (χ2v) is 4.23. The summed E-state index contributed by atoms with van der Waals surface area (Å²) in [5, 5.41) is 0. The molecular formula is C8H13I2N. The average molecular weight is 377 g/mol. The van der Waals surface area contributed by atoms with Gasteiger partial charge in [-0.3, -0.25) is 0 Å². The molecule has 4 atom stereocenters. The standard InChI is InChI=1S/C8H13N.I2/c1-5-7-6-3-9(2)4-8(5,6)7;1-2/h5-7H,3-4H2,1-2H3;. The highest BCUT2D eigenvalue weighted by Gasteiger charge is 2.86. The van der Waals surface area contributed by atoms with Gasteiger partial charge in [0.15, 0.2) is 0 Å². The van der Waals surface area contributed by atoms with Crippen molar-refractivity contribution in [1.82, 2.24) is 4.90 Å². The van der Waals surface area contributed by atoms with Crippen molar-refractivity contribution in [2.75, 3.05) is 20.1 Å². The molecule has 1 nitrogen and oxygen atoms in total. The molecule has 2 aliphatic carbocycles. The maximum absolute atomic E-state index is 2.49. The van der Waals surface area contributed by atoms with Crippen molar-refractivity contribution in [3.8, 4) is 0 Å². The molecule has 0 aromatic carbocycles. The van der Waals surface area contributed by atoms with Crippen LogP contribution in [-0.2, 0) is 0 Å². The first-order valence-corrected chi connectivity index (χ1v) is 10.4. The first kappa shape index (κ1) is 8.99. The molecule has 3 heteroatoms. The Balaban J connectivity index is 0.000000224. The van der Waals surface area contributed by atoms with Crippen LogP contribution in [-0.4, -0.2) is 25.0 Å². The summed E-state index contributed by atoms with van der Waals surface area (Å²) in [5.41, 5.74) is 0.884. The lowest BCUT2D eigenvalue weighted by Gasteiger charge is -2.06. The Hall–Kier alpha value is 1.42. The van der Waals surface area contributed by atoms with Gasteiger partial charge < -0.3 is 4.90 Å². The number of piperidine rings is 1. The maximum Gasteiger partial charge on any atom is 0.00438 e. The molecule has 3 aliphatic rings. The van der Waals surface area contributed by atoms with Gasteiger partial charge >= 0.3 is 0 Å². The van der Waals surface area contributed by atoms with E-state index in [2.05, 4.69) is 56.1 Å². The zero-order valence-electron chi connectivity index (χ0n) is 6.85. The van der Waals surface area contributed by atoms with Crippen molar-refractivity contribution < 1.29 is 0 Å². The van der Waals surface area contributed by atoms with Crippen molar-refractivity contribution >= 4 is 37.2 Å². The van der Waals surface area contributed by atoms with Gasteiger partial charge in [-0.15, -0.1) is 0 Å². The number of fused-ring (bicyclic) bond motifs is 1. The van der Waals surface area contributed by atoms with Gasteiger partial charge in [0.1, 0.15) is 0 Å². The monoisotopic (exact) mass is 377 g/mol. The fraction of sp³-hybridized carbons (Fsp3) is 1.00. The lowest BCUT2D eigenvalue weighted by Crippen LogP contribution is -2.16. The van der Waals surface area contributed by atoms with Gasteiger partial charge in [0, 0.05) is 50.3 Å². The summed E-state index contributed by atoms with van der Waals surface area (Å²) in [6.07, 6.45) is 0.